The molecule has 1 heterocycles. The third-order valence-corrected chi connectivity index (χ3v) is 3.75. The van der Waals surface area contributed by atoms with Crippen LogP contribution >= 0.6 is 12.0 Å². The van der Waals surface area contributed by atoms with Gasteiger partial charge in [0.05, 0.1) is 12.7 Å². The van der Waals surface area contributed by atoms with Gasteiger partial charge in [0.15, 0.2) is 0 Å². The Kier molecular flexibility index (Phi) is 10.2. The van der Waals surface area contributed by atoms with E-state index in [9.17, 15) is 0 Å². The summed E-state index contributed by atoms with van der Waals surface area (Å²) in [6, 6.07) is 8.18. The van der Waals surface area contributed by atoms with E-state index in [-0.39, 0.29) is 0 Å². The largest absolute Gasteiger partial charge is 0.399 e. The lowest BCUT2D eigenvalue weighted by Crippen LogP contribution is -2.00. The van der Waals surface area contributed by atoms with E-state index in [1.165, 1.54) is 31.2 Å². The molecule has 2 aromatic rings. The van der Waals surface area contributed by atoms with Crippen LogP contribution in [0.3, 0.4) is 0 Å². The first-order valence-corrected chi connectivity index (χ1v) is 8.96. The Morgan fingerprint density at radius 2 is 1.91 bits per heavy atom. The van der Waals surface area contributed by atoms with E-state index in [4.69, 9.17) is 16.0 Å². The van der Waals surface area contributed by atoms with Crippen molar-refractivity contribution in [3.63, 3.8) is 0 Å². The molecule has 1 aromatic heterocycles. The van der Waals surface area contributed by atoms with Gasteiger partial charge in [0.2, 0.25) is 0 Å². The minimum absolute atomic E-state index is 0.520. The zero-order valence-electron chi connectivity index (χ0n) is 13.8. The number of hydrogen-bond acceptors (Lipinski definition) is 5. The molecule has 0 atom stereocenters. The number of anilines is 1. The van der Waals surface area contributed by atoms with Crippen LogP contribution in [0, 0.1) is 0 Å². The number of unbranched alkanes of at least 4 members (excludes halogenated alkanes) is 2. The number of nitrogens with zero attached hydrogens (tertiary/aromatic N) is 2. The molecule has 0 saturated heterocycles. The minimum atomic E-state index is 0.520. The Hall–Kier alpha value is -1.50. The van der Waals surface area contributed by atoms with Gasteiger partial charge < -0.3 is 16.0 Å². The summed E-state index contributed by atoms with van der Waals surface area (Å²) in [5, 5.41) is 4.04. The van der Waals surface area contributed by atoms with Gasteiger partial charge >= 0.3 is 0 Å². The van der Waals surface area contributed by atoms with Crippen LogP contribution in [0.5, 0.6) is 0 Å². The number of rotatable bonds is 8. The van der Waals surface area contributed by atoms with Crippen molar-refractivity contribution in [3.8, 4) is 0 Å². The predicted molar refractivity (Wildman–Crippen MR) is 99.3 cm³/mol. The average Bonchev–Trinajstić information content (AvgIpc) is 3.04. The van der Waals surface area contributed by atoms with Crippen molar-refractivity contribution < 1.29 is 4.55 Å². The first-order valence-electron chi connectivity index (χ1n) is 8.01. The number of nitrogens with two attached hydrogens (primary N) is 2. The molecule has 0 spiro atoms. The molecule has 6 heteroatoms. The second-order valence-electron chi connectivity index (χ2n) is 5.35. The Balaban J connectivity index is 0.000000231. The van der Waals surface area contributed by atoms with E-state index in [0.717, 1.165) is 29.8 Å². The maximum Gasteiger partial charge on any atom is 0.0534 e. The van der Waals surface area contributed by atoms with Crippen molar-refractivity contribution >= 4 is 17.7 Å². The first kappa shape index (κ1) is 19.5. The van der Waals surface area contributed by atoms with Crippen molar-refractivity contribution in [2.24, 2.45) is 5.73 Å². The molecule has 0 bridgehead atoms. The average molecular weight is 337 g/mol. The number of benzene rings is 1. The molecule has 128 valence electrons. The fourth-order valence-electron chi connectivity index (χ4n) is 2.03. The van der Waals surface area contributed by atoms with Crippen LogP contribution in [0.25, 0.3) is 0 Å². The monoisotopic (exact) mass is 336 g/mol. The van der Waals surface area contributed by atoms with Gasteiger partial charge in [-0.25, -0.2) is 0 Å². The predicted octanol–water partition coefficient (Wildman–Crippen LogP) is 3.55. The van der Waals surface area contributed by atoms with Gasteiger partial charge in [-0.2, -0.15) is 5.10 Å². The molecule has 0 fully saturated rings. The lowest BCUT2D eigenvalue weighted by atomic mass is 10.1. The van der Waals surface area contributed by atoms with Crippen molar-refractivity contribution in [2.75, 3.05) is 11.5 Å². The SMILES string of the molecule is CCCCCc1ccc(N)cc1.NCc1cnn(CCSO)c1. The van der Waals surface area contributed by atoms with Crippen LogP contribution in [0.2, 0.25) is 0 Å². The topological polar surface area (TPSA) is 90.1 Å². The fourth-order valence-corrected chi connectivity index (χ4v) is 2.30. The van der Waals surface area contributed by atoms with E-state index in [1.54, 1.807) is 10.9 Å². The lowest BCUT2D eigenvalue weighted by Gasteiger charge is -2.00. The second-order valence-corrected chi connectivity index (χ2v) is 6.01. The third-order valence-electron chi connectivity index (χ3n) is 3.38. The van der Waals surface area contributed by atoms with Gasteiger partial charge in [-0.15, -0.1) is 0 Å². The van der Waals surface area contributed by atoms with Crippen molar-refractivity contribution in [2.45, 2.75) is 45.7 Å². The van der Waals surface area contributed by atoms with Crippen molar-refractivity contribution in [1.82, 2.24) is 9.78 Å². The maximum absolute atomic E-state index is 8.44. The Morgan fingerprint density at radius 3 is 2.48 bits per heavy atom. The van der Waals surface area contributed by atoms with Gasteiger partial charge in [0.25, 0.3) is 0 Å². The van der Waals surface area contributed by atoms with E-state index >= 15 is 0 Å². The van der Waals surface area contributed by atoms with Crippen LogP contribution < -0.4 is 11.5 Å². The Morgan fingerprint density at radius 1 is 1.17 bits per heavy atom. The normalized spacial score (nSPS) is 10.2. The van der Waals surface area contributed by atoms with Crippen LogP contribution in [0.1, 0.15) is 37.3 Å². The summed E-state index contributed by atoms with van der Waals surface area (Å²) in [7, 11) is 0. The van der Waals surface area contributed by atoms with E-state index in [2.05, 4.69) is 24.2 Å². The third kappa shape index (κ3) is 8.64. The smallest absolute Gasteiger partial charge is 0.0534 e. The highest BCUT2D eigenvalue weighted by Crippen LogP contribution is 2.09. The highest BCUT2D eigenvalue weighted by Gasteiger charge is 1.95. The standard InChI is InChI=1S/C11H17N.C6H11N3OS/c1-2-3-4-5-10-6-8-11(12)9-7-10;7-3-6-4-8-9(5-6)1-2-11-10/h6-9H,2-5,12H2,1H3;4-5,10H,1-3,7H2. The Bertz CT molecular complexity index is 528. The minimum Gasteiger partial charge on any atom is -0.399 e. The molecule has 0 saturated carbocycles. The fraction of sp³-hybridized carbons (Fsp3) is 0.471. The van der Waals surface area contributed by atoms with Crippen LogP contribution in [-0.4, -0.2) is 20.1 Å². The molecular weight excluding hydrogens is 308 g/mol. The second kappa shape index (κ2) is 12.0. The molecule has 2 rings (SSSR count). The number of hydrogen-bond donors (Lipinski definition) is 3. The first-order chi connectivity index (χ1) is 11.2. The van der Waals surface area contributed by atoms with Gasteiger partial charge in [-0.3, -0.25) is 4.68 Å². The quantitative estimate of drug-likeness (QED) is 0.390. The highest BCUT2D eigenvalue weighted by atomic mass is 32.2. The molecular formula is C17H28N4OS. The molecule has 0 aliphatic rings. The van der Waals surface area contributed by atoms with Gasteiger partial charge in [-0.05, 0) is 42.6 Å². The summed E-state index contributed by atoms with van der Waals surface area (Å²) in [4.78, 5) is 0. The van der Waals surface area contributed by atoms with Crippen molar-refractivity contribution in [1.29, 1.82) is 0 Å². The summed E-state index contributed by atoms with van der Waals surface area (Å²) in [5.41, 5.74) is 14.2. The van der Waals surface area contributed by atoms with Gasteiger partial charge in [0.1, 0.15) is 0 Å². The summed E-state index contributed by atoms with van der Waals surface area (Å²) < 4.78 is 10.2. The van der Waals surface area contributed by atoms with Crippen LogP contribution in [-0.2, 0) is 19.5 Å². The molecule has 1 aromatic carbocycles. The van der Waals surface area contributed by atoms with E-state index < -0.39 is 0 Å². The summed E-state index contributed by atoms with van der Waals surface area (Å²) >= 11 is 0.821. The molecule has 5 N–H and O–H groups in total. The molecule has 5 nitrogen and oxygen atoms in total. The van der Waals surface area contributed by atoms with E-state index in [0.29, 0.717) is 12.3 Å². The zero-order chi connectivity index (χ0) is 16.9. The van der Waals surface area contributed by atoms with Crippen LogP contribution in [0.15, 0.2) is 36.7 Å². The molecule has 0 unspecified atom stereocenters. The van der Waals surface area contributed by atoms with Gasteiger partial charge in [0, 0.05) is 29.7 Å². The number of aromatic nitrogens is 2. The molecule has 0 radical (unpaired) electrons. The summed E-state index contributed by atoms with van der Waals surface area (Å²) in [6.07, 6.45) is 8.71. The van der Waals surface area contributed by atoms with E-state index in [1.807, 2.05) is 18.3 Å². The zero-order valence-corrected chi connectivity index (χ0v) is 14.6. The number of aryl methyl sites for hydroxylation is 2. The molecule has 0 aliphatic carbocycles. The number of nitrogen functional groups attached to an aromatic ring is 1. The highest BCUT2D eigenvalue weighted by molar-refractivity contribution is 7.93. The molecule has 0 amide bonds. The molecule has 0 aliphatic heterocycles. The summed E-state index contributed by atoms with van der Waals surface area (Å²) in [5.74, 6) is 0.658. The van der Waals surface area contributed by atoms with Gasteiger partial charge in [-0.1, -0.05) is 31.9 Å². The van der Waals surface area contributed by atoms with Crippen molar-refractivity contribution in [3.05, 3.63) is 47.8 Å². The summed E-state index contributed by atoms with van der Waals surface area (Å²) in [6.45, 7) is 3.47. The molecule has 23 heavy (non-hydrogen) atoms. The Labute approximate surface area is 143 Å². The van der Waals surface area contributed by atoms with Crippen LogP contribution in [0.4, 0.5) is 5.69 Å². The lowest BCUT2D eigenvalue weighted by molar-refractivity contribution is 0.630. The maximum atomic E-state index is 8.44.